The number of piperidine rings is 1. The first kappa shape index (κ1) is 14.3. The van der Waals surface area contributed by atoms with Crippen LogP contribution in [0.1, 0.15) is 31.7 Å². The van der Waals surface area contributed by atoms with Crippen LogP contribution in [0.2, 0.25) is 5.02 Å². The van der Waals surface area contributed by atoms with Gasteiger partial charge in [0.15, 0.2) is 0 Å². The van der Waals surface area contributed by atoms with Gasteiger partial charge in [-0.1, -0.05) is 18.5 Å². The van der Waals surface area contributed by atoms with Crippen molar-refractivity contribution < 1.29 is 9.90 Å². The zero-order chi connectivity index (χ0) is 13.9. The molecule has 1 aliphatic rings. The highest BCUT2D eigenvalue weighted by Gasteiger charge is 2.40. The lowest BCUT2D eigenvalue weighted by Gasteiger charge is -2.39. The molecule has 1 aromatic heterocycles. The number of nitrogens with zero attached hydrogens (tertiary/aromatic N) is 2. The van der Waals surface area contributed by atoms with Crippen LogP contribution >= 0.6 is 11.6 Å². The van der Waals surface area contributed by atoms with Gasteiger partial charge >= 0.3 is 5.97 Å². The molecule has 2 rings (SSSR count). The summed E-state index contributed by atoms with van der Waals surface area (Å²) >= 11 is 6.11. The molecule has 0 saturated carbocycles. The zero-order valence-corrected chi connectivity index (χ0v) is 11.9. The Morgan fingerprint density at radius 2 is 2.42 bits per heavy atom. The molecule has 0 bridgehead atoms. The first-order valence-corrected chi connectivity index (χ1v) is 6.99. The molecule has 1 N–H and O–H groups in total. The maximum atomic E-state index is 11.5. The van der Waals surface area contributed by atoms with E-state index in [1.807, 2.05) is 13.0 Å². The van der Waals surface area contributed by atoms with Gasteiger partial charge < -0.3 is 5.11 Å². The maximum absolute atomic E-state index is 11.5. The summed E-state index contributed by atoms with van der Waals surface area (Å²) in [6.45, 7) is 4.17. The van der Waals surface area contributed by atoms with Crippen LogP contribution < -0.4 is 0 Å². The van der Waals surface area contributed by atoms with E-state index in [4.69, 9.17) is 11.6 Å². The van der Waals surface area contributed by atoms with Gasteiger partial charge in [0.05, 0.1) is 10.4 Å². The number of hydrogen-bond acceptors (Lipinski definition) is 3. The lowest BCUT2D eigenvalue weighted by atomic mass is 9.77. The minimum Gasteiger partial charge on any atom is -0.481 e. The fourth-order valence-electron chi connectivity index (χ4n) is 2.75. The average molecular weight is 283 g/mol. The Morgan fingerprint density at radius 3 is 3.05 bits per heavy atom. The summed E-state index contributed by atoms with van der Waals surface area (Å²) in [4.78, 5) is 17.7. The van der Waals surface area contributed by atoms with E-state index in [-0.39, 0.29) is 0 Å². The third-order valence-corrected chi connectivity index (χ3v) is 4.38. The molecule has 5 heteroatoms. The molecule has 1 atom stereocenters. The Balaban J connectivity index is 2.10. The molecule has 4 nitrogen and oxygen atoms in total. The molecule has 1 fully saturated rings. The standard InChI is InChI=1S/C14H19ClN2O2/c1-2-14(13(18)19)5-3-7-17(10-14)9-11-4-6-16-8-12(11)15/h4,6,8H,2-3,5,7,9-10H2,1H3,(H,18,19). The molecule has 0 aromatic carbocycles. The Kier molecular flexibility index (Phi) is 4.42. The summed E-state index contributed by atoms with van der Waals surface area (Å²) in [5, 5.41) is 10.1. The number of hydrogen-bond donors (Lipinski definition) is 1. The number of aromatic nitrogens is 1. The highest BCUT2D eigenvalue weighted by Crippen LogP contribution is 2.34. The summed E-state index contributed by atoms with van der Waals surface area (Å²) in [6, 6.07) is 1.89. The van der Waals surface area contributed by atoms with E-state index in [1.54, 1.807) is 12.4 Å². The lowest BCUT2D eigenvalue weighted by molar-refractivity contribution is -0.153. The Bertz CT molecular complexity index is 467. The number of carboxylic acid groups (broad SMARTS) is 1. The van der Waals surface area contributed by atoms with Crippen LogP contribution in [0.5, 0.6) is 0 Å². The number of aliphatic carboxylic acids is 1. The number of carbonyl (C=O) groups is 1. The first-order valence-electron chi connectivity index (χ1n) is 6.61. The van der Waals surface area contributed by atoms with Gasteiger partial charge in [0.25, 0.3) is 0 Å². The molecule has 1 aliphatic heterocycles. The number of rotatable bonds is 4. The summed E-state index contributed by atoms with van der Waals surface area (Å²) in [6.07, 6.45) is 5.70. The highest BCUT2D eigenvalue weighted by atomic mass is 35.5. The third kappa shape index (κ3) is 3.07. The van der Waals surface area contributed by atoms with Crippen molar-refractivity contribution in [3.05, 3.63) is 29.0 Å². The van der Waals surface area contributed by atoms with Gasteiger partial charge in [-0.3, -0.25) is 14.7 Å². The Labute approximate surface area is 118 Å². The fraction of sp³-hybridized carbons (Fsp3) is 0.571. The smallest absolute Gasteiger partial charge is 0.310 e. The summed E-state index contributed by atoms with van der Waals surface area (Å²) in [7, 11) is 0. The molecule has 0 amide bonds. The van der Waals surface area contributed by atoms with Crippen LogP contribution in [-0.4, -0.2) is 34.0 Å². The lowest BCUT2D eigenvalue weighted by Crippen LogP contribution is -2.47. The molecule has 1 aromatic rings. The Hall–Kier alpha value is -1.13. The molecule has 0 spiro atoms. The van der Waals surface area contributed by atoms with E-state index >= 15 is 0 Å². The van der Waals surface area contributed by atoms with Gasteiger partial charge in [0.1, 0.15) is 0 Å². The van der Waals surface area contributed by atoms with Gasteiger partial charge in [-0.25, -0.2) is 0 Å². The predicted octanol–water partition coefficient (Wildman–Crippen LogP) is 2.81. The van der Waals surface area contributed by atoms with E-state index in [1.165, 1.54) is 0 Å². The van der Waals surface area contributed by atoms with Crippen LogP contribution in [0.25, 0.3) is 0 Å². The molecule has 0 aliphatic carbocycles. The van der Waals surface area contributed by atoms with Crippen LogP contribution in [-0.2, 0) is 11.3 Å². The van der Waals surface area contributed by atoms with Crippen LogP contribution in [0.15, 0.2) is 18.5 Å². The van der Waals surface area contributed by atoms with E-state index in [2.05, 4.69) is 9.88 Å². The van der Waals surface area contributed by atoms with Gasteiger partial charge in [-0.15, -0.1) is 0 Å². The van der Waals surface area contributed by atoms with Crippen molar-refractivity contribution in [2.45, 2.75) is 32.7 Å². The van der Waals surface area contributed by atoms with Crippen LogP contribution in [0, 0.1) is 5.41 Å². The van der Waals surface area contributed by atoms with Crippen molar-refractivity contribution in [3.63, 3.8) is 0 Å². The molecular formula is C14H19ClN2O2. The minimum absolute atomic E-state index is 0.595. The fourth-order valence-corrected chi connectivity index (χ4v) is 2.93. The number of halogens is 1. The van der Waals surface area contributed by atoms with Crippen LogP contribution in [0.3, 0.4) is 0 Å². The van der Waals surface area contributed by atoms with E-state index < -0.39 is 11.4 Å². The van der Waals surface area contributed by atoms with Gasteiger partial charge in [-0.05, 0) is 37.4 Å². The molecule has 104 valence electrons. The molecular weight excluding hydrogens is 264 g/mol. The van der Waals surface area contributed by atoms with Gasteiger partial charge in [0.2, 0.25) is 0 Å². The maximum Gasteiger partial charge on any atom is 0.310 e. The second-order valence-corrected chi connectivity index (χ2v) is 5.63. The summed E-state index contributed by atoms with van der Waals surface area (Å²) < 4.78 is 0. The molecule has 1 unspecified atom stereocenters. The monoisotopic (exact) mass is 282 g/mol. The average Bonchev–Trinajstić information content (AvgIpc) is 2.41. The second kappa shape index (κ2) is 5.88. The minimum atomic E-state index is -0.680. The molecule has 19 heavy (non-hydrogen) atoms. The Morgan fingerprint density at radius 1 is 1.63 bits per heavy atom. The van der Waals surface area contributed by atoms with Gasteiger partial charge in [0, 0.05) is 25.5 Å². The highest BCUT2D eigenvalue weighted by molar-refractivity contribution is 6.31. The third-order valence-electron chi connectivity index (χ3n) is 4.04. The molecule has 0 radical (unpaired) electrons. The normalized spacial score (nSPS) is 24.3. The van der Waals surface area contributed by atoms with Crippen molar-refractivity contribution >= 4 is 17.6 Å². The second-order valence-electron chi connectivity index (χ2n) is 5.22. The van der Waals surface area contributed by atoms with Crippen molar-refractivity contribution in [2.24, 2.45) is 5.41 Å². The first-order chi connectivity index (χ1) is 9.07. The van der Waals surface area contributed by atoms with Gasteiger partial charge in [-0.2, -0.15) is 0 Å². The van der Waals surface area contributed by atoms with E-state index in [0.717, 1.165) is 24.9 Å². The topological polar surface area (TPSA) is 53.4 Å². The molecule has 1 saturated heterocycles. The quantitative estimate of drug-likeness (QED) is 0.923. The van der Waals surface area contributed by atoms with Crippen molar-refractivity contribution in [3.8, 4) is 0 Å². The zero-order valence-electron chi connectivity index (χ0n) is 11.1. The molecule has 2 heterocycles. The summed E-state index contributed by atoms with van der Waals surface area (Å²) in [5.41, 5.74) is 0.409. The number of pyridine rings is 1. The van der Waals surface area contributed by atoms with E-state index in [9.17, 15) is 9.90 Å². The predicted molar refractivity (Wildman–Crippen MR) is 74.1 cm³/mol. The van der Waals surface area contributed by atoms with Crippen molar-refractivity contribution in [1.29, 1.82) is 0 Å². The van der Waals surface area contributed by atoms with Crippen LogP contribution in [0.4, 0.5) is 0 Å². The number of carboxylic acids is 1. The summed E-state index contributed by atoms with van der Waals surface area (Å²) in [5.74, 6) is -0.680. The van der Waals surface area contributed by atoms with Crippen molar-refractivity contribution in [1.82, 2.24) is 9.88 Å². The number of likely N-dealkylation sites (tertiary alicyclic amines) is 1. The van der Waals surface area contributed by atoms with Crippen molar-refractivity contribution in [2.75, 3.05) is 13.1 Å². The SMILES string of the molecule is CCC1(C(=O)O)CCCN(Cc2ccncc2Cl)C1. The largest absolute Gasteiger partial charge is 0.481 e. The van der Waals surface area contributed by atoms with E-state index in [0.29, 0.717) is 24.5 Å².